The van der Waals surface area contributed by atoms with Gasteiger partial charge >= 0.3 is 11.9 Å². The molecule has 13 heteroatoms. The molecule has 15 rings (SSSR count). The van der Waals surface area contributed by atoms with E-state index in [1.807, 2.05) is 26.0 Å². The number of carbonyl (C=O) groups excluding carboxylic acids is 3. The van der Waals surface area contributed by atoms with Crippen molar-refractivity contribution in [3.05, 3.63) is 84.0 Å². The second-order valence-electron chi connectivity index (χ2n) is 28.0. The fraction of sp³-hybridized carbons (Fsp3) is 0.730. The van der Waals surface area contributed by atoms with Crippen molar-refractivity contribution in [1.82, 2.24) is 10.2 Å². The summed E-state index contributed by atoms with van der Waals surface area (Å²) in [6.45, 7) is 7.67. The van der Waals surface area contributed by atoms with E-state index in [4.69, 9.17) is 23.4 Å². The number of hydrogen-bond acceptors (Lipinski definition) is 13. The van der Waals surface area contributed by atoms with Gasteiger partial charge in [-0.3, -0.25) is 14.9 Å². The molecule has 7 heterocycles. The number of rotatable bonds is 9. The van der Waals surface area contributed by atoms with Gasteiger partial charge in [0.05, 0.1) is 42.6 Å². The monoisotopic (exact) mass is 1040 g/mol. The maximum absolute atomic E-state index is 16.5. The lowest BCUT2D eigenvalue weighted by Gasteiger charge is -2.72. The number of furan rings is 1. The van der Waals surface area contributed by atoms with Gasteiger partial charge in [-0.15, -0.1) is 0 Å². The normalized spacial score (nSPS) is 49.6. The Bertz CT molecular complexity index is 2780. The number of ketones is 1. The van der Waals surface area contributed by atoms with Crippen molar-refractivity contribution in [2.24, 2.45) is 80.3 Å². The summed E-state index contributed by atoms with van der Waals surface area (Å²) < 4.78 is 35.3. The lowest BCUT2D eigenvalue weighted by molar-refractivity contribution is -0.298. The summed E-state index contributed by atoms with van der Waals surface area (Å²) >= 11 is 0. The molecule has 11 fully saturated rings. The zero-order valence-electron chi connectivity index (χ0n) is 44.8. The predicted molar refractivity (Wildman–Crippen MR) is 277 cm³/mol. The van der Waals surface area contributed by atoms with Crippen molar-refractivity contribution in [1.29, 1.82) is 0 Å². The summed E-state index contributed by atoms with van der Waals surface area (Å²) in [5, 5.41) is 40.0. The predicted octanol–water partition coefficient (Wildman–Crippen LogP) is 7.95. The molecule has 7 aliphatic carbocycles. The van der Waals surface area contributed by atoms with E-state index in [0.717, 1.165) is 90.3 Å². The first kappa shape index (κ1) is 49.2. The van der Waals surface area contributed by atoms with Crippen molar-refractivity contribution in [2.75, 3.05) is 26.4 Å². The van der Waals surface area contributed by atoms with Crippen LogP contribution < -0.4 is 5.32 Å². The van der Waals surface area contributed by atoms with Gasteiger partial charge in [-0.1, -0.05) is 74.7 Å². The molecule has 5 spiro atoms. The largest absolute Gasteiger partial charge is 0.469 e. The van der Waals surface area contributed by atoms with Crippen LogP contribution in [-0.4, -0.2) is 106 Å². The smallest absolute Gasteiger partial charge is 0.339 e. The Morgan fingerprint density at radius 1 is 0.908 bits per heavy atom. The van der Waals surface area contributed by atoms with Crippen LogP contribution in [0.3, 0.4) is 0 Å². The van der Waals surface area contributed by atoms with E-state index in [1.165, 1.54) is 5.56 Å². The van der Waals surface area contributed by atoms with Gasteiger partial charge in [-0.2, -0.15) is 0 Å². The standard InChI is InChI=1S/C63H80N2O11/c1-56(2)50-49(68)51(69)62(41-12-7-11-37(28-41)27-36-9-5-4-6-10-36)48(60(50)34-73-55(71)59-24-23-58(33-59)20-8-13-40(58)16-22-61(59,60)76-56)17-21-57(3)52(74-54(70)53-63(57,62)75-53)43-19-26-72-47(43)30-44(46(67)32-66)38-14-15-42-39(29-38)18-25-65-35-64-31-45(42)65/h4-6,9-10,16,18-19,22,25-26,37-42,44-46,48,50-53,64,66-67,69H,7-8,11-15,17,20-21,23-24,27-35H2,1-3H3. The van der Waals surface area contributed by atoms with Crippen LogP contribution >= 0.6 is 0 Å². The SMILES string of the molecule is CC1(C)OC23C=CC4CCCC45CCC2(C5)C(=O)OCC32C1C(=O)C(O)C1(C3CCCC(Cc4ccccc4)C3)C2CCC2(C)C(c3ccoc3CC(C(O)CO)C3CCC4C(C=CN5CNCC45)C3)OC(=O)C3OC321. The number of Topliss-reactive ketones (excluding diaryl/α,β-unsaturated/α-hetero) is 1. The summed E-state index contributed by atoms with van der Waals surface area (Å²) in [5.41, 5.74) is -6.08. The van der Waals surface area contributed by atoms with Crippen molar-refractivity contribution >= 4 is 17.7 Å². The minimum atomic E-state index is -1.51. The fourth-order valence-corrected chi connectivity index (χ4v) is 22.5. The van der Waals surface area contributed by atoms with Crippen molar-refractivity contribution in [3.63, 3.8) is 0 Å². The first-order valence-electron chi connectivity index (χ1n) is 29.8. The van der Waals surface area contributed by atoms with Crippen LogP contribution in [-0.2, 0) is 46.2 Å². The molecule has 2 bridgehead atoms. The highest BCUT2D eigenvalue weighted by atomic mass is 16.7. The van der Waals surface area contributed by atoms with E-state index in [2.05, 4.69) is 65.8 Å². The fourth-order valence-electron chi connectivity index (χ4n) is 22.5. The first-order chi connectivity index (χ1) is 36.6. The molecule has 0 radical (unpaired) electrons. The summed E-state index contributed by atoms with van der Waals surface area (Å²) in [4.78, 5) is 49.4. The van der Waals surface area contributed by atoms with Crippen molar-refractivity contribution in [3.8, 4) is 0 Å². The number of carbonyl (C=O) groups is 3. The number of allylic oxidation sites excluding steroid dienone is 2. The third kappa shape index (κ3) is 5.96. The topological polar surface area (TPSA) is 181 Å². The maximum Gasteiger partial charge on any atom is 0.339 e. The van der Waals surface area contributed by atoms with Crippen LogP contribution in [0.1, 0.15) is 140 Å². The van der Waals surface area contributed by atoms with Crippen molar-refractivity contribution < 1.29 is 53.1 Å². The Morgan fingerprint density at radius 3 is 2.61 bits per heavy atom. The number of cyclic esters (lactones) is 2. The highest BCUT2D eigenvalue weighted by Gasteiger charge is 2.96. The van der Waals surface area contributed by atoms with Crippen LogP contribution in [0.25, 0.3) is 0 Å². The molecule has 6 saturated carbocycles. The average molecular weight is 1040 g/mol. The maximum atomic E-state index is 16.5. The summed E-state index contributed by atoms with van der Waals surface area (Å²) in [6, 6.07) is 13.0. The Hall–Kier alpha value is -3.85. The number of nitrogens with one attached hydrogen (secondary N) is 1. The van der Waals surface area contributed by atoms with Gasteiger partial charge < -0.3 is 43.6 Å². The second-order valence-corrected chi connectivity index (χ2v) is 28.0. The molecule has 5 saturated heterocycles. The van der Waals surface area contributed by atoms with Gasteiger partial charge in [0, 0.05) is 35.4 Å². The van der Waals surface area contributed by atoms with Crippen molar-refractivity contribution in [2.45, 2.75) is 177 Å². The quantitative estimate of drug-likeness (QED) is 0.108. The van der Waals surface area contributed by atoms with Gasteiger partial charge in [0.25, 0.3) is 0 Å². The van der Waals surface area contributed by atoms with Gasteiger partial charge in [-0.05, 0) is 168 Å². The molecule has 76 heavy (non-hydrogen) atoms. The van der Waals surface area contributed by atoms with Crippen LogP contribution in [0, 0.1) is 80.3 Å². The van der Waals surface area contributed by atoms with E-state index in [9.17, 15) is 15.3 Å². The number of aliphatic hydroxyl groups is 3. The zero-order valence-corrected chi connectivity index (χ0v) is 44.8. The molecule has 21 atom stereocenters. The number of nitrogens with zero attached hydrogens (tertiary/aromatic N) is 1. The van der Waals surface area contributed by atoms with Gasteiger partial charge in [0.15, 0.2) is 11.9 Å². The number of fused-ring (bicyclic) bond motifs is 4. The highest BCUT2D eigenvalue weighted by molar-refractivity contribution is 5.93. The van der Waals surface area contributed by atoms with E-state index >= 15 is 14.4 Å². The molecule has 4 N–H and O–H groups in total. The first-order valence-corrected chi connectivity index (χ1v) is 29.8. The molecule has 408 valence electrons. The molecular weight excluding hydrogens is 961 g/mol. The number of aliphatic hydroxyl groups excluding tert-OH is 3. The van der Waals surface area contributed by atoms with E-state index < -0.39 is 80.7 Å². The lowest BCUT2D eigenvalue weighted by Crippen LogP contribution is -2.81. The molecule has 13 nitrogen and oxygen atoms in total. The minimum Gasteiger partial charge on any atom is -0.469 e. The summed E-state index contributed by atoms with van der Waals surface area (Å²) in [6.07, 6.45) is 20.5. The van der Waals surface area contributed by atoms with Crippen LogP contribution in [0.5, 0.6) is 0 Å². The summed E-state index contributed by atoms with van der Waals surface area (Å²) in [7, 11) is 0. The van der Waals surface area contributed by atoms with Gasteiger partial charge in [-0.25, -0.2) is 4.79 Å². The number of esters is 2. The highest BCUT2D eigenvalue weighted by Crippen LogP contribution is 2.86. The molecule has 1 aromatic heterocycles. The number of hydrogen-bond donors (Lipinski definition) is 4. The molecule has 13 aliphatic rings. The van der Waals surface area contributed by atoms with E-state index in [1.54, 1.807) is 6.26 Å². The number of benzene rings is 1. The zero-order chi connectivity index (χ0) is 52.0. The lowest BCUT2D eigenvalue weighted by atomic mass is 9.30. The summed E-state index contributed by atoms with van der Waals surface area (Å²) in [5.74, 6) is -0.631. The van der Waals surface area contributed by atoms with Gasteiger partial charge in [0.1, 0.15) is 41.2 Å². The Kier molecular flexibility index (Phi) is 10.8. The van der Waals surface area contributed by atoms with E-state index in [-0.39, 0.29) is 54.1 Å². The molecule has 0 amide bonds. The third-order valence-corrected chi connectivity index (χ3v) is 25.1. The Balaban J connectivity index is 0.870. The third-order valence-electron chi connectivity index (χ3n) is 25.1. The molecule has 1 aromatic carbocycles. The number of ether oxygens (including phenoxy) is 4. The van der Waals surface area contributed by atoms with Gasteiger partial charge in [0.2, 0.25) is 0 Å². The molecule has 21 unspecified atom stereocenters. The molecule has 6 aliphatic heterocycles. The average Bonchev–Trinajstić information content (AvgIpc) is 4.09. The van der Waals surface area contributed by atoms with E-state index in [0.29, 0.717) is 67.2 Å². The Morgan fingerprint density at radius 2 is 1.76 bits per heavy atom. The van der Waals surface area contributed by atoms with Crippen LogP contribution in [0.4, 0.5) is 0 Å². The number of epoxide rings is 1. The second kappa shape index (κ2) is 16.6. The molecule has 2 aromatic rings. The minimum absolute atomic E-state index is 0.00508. The molecular formula is C63H80N2O11. The Labute approximate surface area is 447 Å². The van der Waals surface area contributed by atoms with Crippen LogP contribution in [0.2, 0.25) is 0 Å². The van der Waals surface area contributed by atoms with Crippen LogP contribution in [0.15, 0.2) is 71.5 Å².